The fourth-order valence-corrected chi connectivity index (χ4v) is 2.74. The molecule has 3 N–H and O–H groups in total. The van der Waals surface area contributed by atoms with Gasteiger partial charge in [-0.1, -0.05) is 44.2 Å². The smallest absolute Gasteiger partial charge is 0.234 e. The molecule has 0 fully saturated rings. The van der Waals surface area contributed by atoms with Gasteiger partial charge in [-0.15, -0.1) is 0 Å². The lowest BCUT2D eigenvalue weighted by Gasteiger charge is -2.25. The summed E-state index contributed by atoms with van der Waals surface area (Å²) in [6.45, 7) is 3.59. The van der Waals surface area contributed by atoms with E-state index >= 15 is 0 Å². The van der Waals surface area contributed by atoms with Crippen LogP contribution >= 0.6 is 0 Å². The van der Waals surface area contributed by atoms with E-state index in [2.05, 4.69) is 5.32 Å². The zero-order valence-electron chi connectivity index (χ0n) is 15.6. The molecule has 2 aromatic rings. The SMILES string of the molecule is COc1ccc(C(=O)C(NC(C(N)=O)C(C)C)C(=O)c2ccccc2)cc1. The Morgan fingerprint density at radius 2 is 1.41 bits per heavy atom. The number of ether oxygens (including phenoxy) is 1. The number of benzene rings is 2. The lowest BCUT2D eigenvalue weighted by Crippen LogP contribution is -2.55. The Morgan fingerprint density at radius 3 is 1.85 bits per heavy atom. The summed E-state index contributed by atoms with van der Waals surface area (Å²) in [4.78, 5) is 37.9. The number of amides is 1. The second kappa shape index (κ2) is 9.09. The molecule has 0 aromatic heterocycles. The molecular weight excluding hydrogens is 344 g/mol. The molecule has 0 spiro atoms. The highest BCUT2D eigenvalue weighted by Gasteiger charge is 2.33. The molecule has 0 saturated carbocycles. The third-order valence-electron chi connectivity index (χ3n) is 4.28. The Labute approximate surface area is 158 Å². The van der Waals surface area contributed by atoms with Crippen LogP contribution in [0.25, 0.3) is 0 Å². The molecule has 6 nitrogen and oxygen atoms in total. The van der Waals surface area contributed by atoms with Crippen LogP contribution in [0.5, 0.6) is 5.75 Å². The number of hydrogen-bond acceptors (Lipinski definition) is 5. The van der Waals surface area contributed by atoms with Crippen LogP contribution in [0, 0.1) is 5.92 Å². The summed E-state index contributed by atoms with van der Waals surface area (Å²) >= 11 is 0. The first-order valence-corrected chi connectivity index (χ1v) is 8.68. The van der Waals surface area contributed by atoms with E-state index in [0.717, 1.165) is 0 Å². The first-order valence-electron chi connectivity index (χ1n) is 8.68. The van der Waals surface area contributed by atoms with Crippen molar-refractivity contribution in [2.45, 2.75) is 25.9 Å². The summed E-state index contributed by atoms with van der Waals surface area (Å²) in [6.07, 6.45) is 0. The van der Waals surface area contributed by atoms with Crippen LogP contribution in [0.15, 0.2) is 54.6 Å². The van der Waals surface area contributed by atoms with E-state index in [4.69, 9.17) is 10.5 Å². The number of nitrogens with two attached hydrogens (primary N) is 1. The van der Waals surface area contributed by atoms with Gasteiger partial charge in [-0.2, -0.15) is 0 Å². The number of nitrogens with one attached hydrogen (secondary N) is 1. The normalized spacial score (nSPS) is 13.0. The van der Waals surface area contributed by atoms with Crippen LogP contribution < -0.4 is 15.8 Å². The van der Waals surface area contributed by atoms with Crippen LogP contribution in [-0.4, -0.2) is 36.7 Å². The van der Waals surface area contributed by atoms with Gasteiger partial charge in [-0.05, 0) is 30.2 Å². The highest BCUT2D eigenvalue weighted by Crippen LogP contribution is 2.16. The number of rotatable bonds is 9. The summed E-state index contributed by atoms with van der Waals surface area (Å²) < 4.78 is 5.10. The number of ketones is 2. The first kappa shape index (κ1) is 20.3. The fraction of sp³-hybridized carbons (Fsp3) is 0.286. The summed E-state index contributed by atoms with van der Waals surface area (Å²) in [6, 6.07) is 12.9. The fourth-order valence-electron chi connectivity index (χ4n) is 2.74. The summed E-state index contributed by atoms with van der Waals surface area (Å²) in [5, 5.41) is 2.87. The number of Topliss-reactive ketones (excluding diaryl/α,β-unsaturated/α-hetero) is 2. The molecule has 2 unspecified atom stereocenters. The van der Waals surface area contributed by atoms with Crippen LogP contribution in [0.2, 0.25) is 0 Å². The van der Waals surface area contributed by atoms with E-state index < -0.39 is 29.6 Å². The summed E-state index contributed by atoms with van der Waals surface area (Å²) in [7, 11) is 1.53. The topological polar surface area (TPSA) is 98.5 Å². The maximum absolute atomic E-state index is 13.1. The molecule has 2 aromatic carbocycles. The van der Waals surface area contributed by atoms with Crippen LogP contribution in [-0.2, 0) is 4.79 Å². The van der Waals surface area contributed by atoms with Crippen LogP contribution in [0.4, 0.5) is 0 Å². The molecule has 27 heavy (non-hydrogen) atoms. The summed E-state index contributed by atoms with van der Waals surface area (Å²) in [5.41, 5.74) is 6.18. The maximum atomic E-state index is 13.1. The quantitative estimate of drug-likeness (QED) is 0.522. The van der Waals surface area contributed by atoms with Crippen LogP contribution in [0.3, 0.4) is 0 Å². The van der Waals surface area contributed by atoms with Crippen molar-refractivity contribution in [3.63, 3.8) is 0 Å². The third-order valence-corrected chi connectivity index (χ3v) is 4.28. The molecule has 0 bridgehead atoms. The van der Waals surface area contributed by atoms with Crippen molar-refractivity contribution in [2.24, 2.45) is 11.7 Å². The monoisotopic (exact) mass is 368 g/mol. The minimum Gasteiger partial charge on any atom is -0.497 e. The Bertz CT molecular complexity index is 801. The van der Waals surface area contributed by atoms with Crippen molar-refractivity contribution in [1.29, 1.82) is 0 Å². The van der Waals surface area contributed by atoms with Gasteiger partial charge in [0.1, 0.15) is 11.8 Å². The van der Waals surface area contributed by atoms with E-state index in [-0.39, 0.29) is 5.92 Å². The first-order chi connectivity index (χ1) is 12.8. The number of carbonyl (C=O) groups is 3. The van der Waals surface area contributed by atoms with E-state index in [9.17, 15) is 14.4 Å². The Morgan fingerprint density at radius 1 is 0.889 bits per heavy atom. The van der Waals surface area contributed by atoms with Crippen molar-refractivity contribution < 1.29 is 19.1 Å². The molecule has 0 heterocycles. The van der Waals surface area contributed by atoms with Gasteiger partial charge in [0.2, 0.25) is 5.91 Å². The molecule has 142 valence electrons. The molecule has 0 radical (unpaired) electrons. The van der Waals surface area contributed by atoms with E-state index in [1.54, 1.807) is 68.4 Å². The van der Waals surface area contributed by atoms with Gasteiger partial charge in [0.25, 0.3) is 0 Å². The average Bonchev–Trinajstić information content (AvgIpc) is 2.68. The minimum absolute atomic E-state index is 0.183. The van der Waals surface area contributed by atoms with Crippen LogP contribution in [0.1, 0.15) is 34.6 Å². The van der Waals surface area contributed by atoms with Gasteiger partial charge in [-0.25, -0.2) is 0 Å². The van der Waals surface area contributed by atoms with Crippen molar-refractivity contribution in [3.8, 4) is 5.75 Å². The van der Waals surface area contributed by atoms with Crippen molar-refractivity contribution in [2.75, 3.05) is 7.11 Å². The molecular formula is C21H24N2O4. The Balaban J connectivity index is 2.39. The molecule has 0 aliphatic carbocycles. The Hall–Kier alpha value is -2.99. The number of primary amides is 1. The predicted octanol–water partition coefficient (Wildman–Crippen LogP) is 2.23. The Kier molecular flexibility index (Phi) is 6.85. The zero-order chi connectivity index (χ0) is 20.0. The molecule has 6 heteroatoms. The van der Waals surface area contributed by atoms with Crippen molar-refractivity contribution in [3.05, 3.63) is 65.7 Å². The molecule has 2 atom stereocenters. The van der Waals surface area contributed by atoms with E-state index in [1.165, 1.54) is 7.11 Å². The molecule has 0 saturated heterocycles. The highest BCUT2D eigenvalue weighted by molar-refractivity contribution is 6.19. The maximum Gasteiger partial charge on any atom is 0.234 e. The average molecular weight is 368 g/mol. The van der Waals surface area contributed by atoms with Crippen molar-refractivity contribution in [1.82, 2.24) is 5.32 Å². The van der Waals surface area contributed by atoms with Gasteiger partial charge >= 0.3 is 0 Å². The minimum atomic E-state index is -1.22. The number of methoxy groups -OCH3 is 1. The molecule has 0 aliphatic heterocycles. The molecule has 2 rings (SSSR count). The van der Waals surface area contributed by atoms with Gasteiger partial charge in [-0.3, -0.25) is 19.7 Å². The number of hydrogen-bond donors (Lipinski definition) is 2. The van der Waals surface area contributed by atoms with Gasteiger partial charge in [0, 0.05) is 11.1 Å². The largest absolute Gasteiger partial charge is 0.497 e. The zero-order valence-corrected chi connectivity index (χ0v) is 15.6. The second-order valence-electron chi connectivity index (χ2n) is 6.55. The molecule has 0 aliphatic rings. The standard InChI is InChI=1S/C21H24N2O4/c1-13(2)17(21(22)26)23-18(19(24)14-7-5-4-6-8-14)20(25)15-9-11-16(27-3)12-10-15/h4-13,17-18,23H,1-3H3,(H2,22,26). The lowest BCUT2D eigenvalue weighted by atomic mass is 9.93. The van der Waals surface area contributed by atoms with Gasteiger partial charge in [0.15, 0.2) is 11.6 Å². The third kappa shape index (κ3) is 5.01. The highest BCUT2D eigenvalue weighted by atomic mass is 16.5. The van der Waals surface area contributed by atoms with Crippen molar-refractivity contribution >= 4 is 17.5 Å². The van der Waals surface area contributed by atoms with E-state index in [1.807, 2.05) is 0 Å². The lowest BCUT2D eigenvalue weighted by molar-refractivity contribution is -0.121. The second-order valence-corrected chi connectivity index (χ2v) is 6.55. The summed E-state index contributed by atoms with van der Waals surface area (Å²) in [5.74, 6) is -1.04. The predicted molar refractivity (Wildman–Crippen MR) is 103 cm³/mol. The molecule has 1 amide bonds. The van der Waals surface area contributed by atoms with E-state index in [0.29, 0.717) is 16.9 Å². The van der Waals surface area contributed by atoms with Gasteiger partial charge < -0.3 is 10.5 Å². The van der Waals surface area contributed by atoms with Gasteiger partial charge in [0.05, 0.1) is 13.2 Å². The number of carbonyl (C=O) groups excluding carboxylic acids is 3.